The van der Waals surface area contributed by atoms with E-state index in [9.17, 15) is 0 Å². The zero-order chi connectivity index (χ0) is 16.1. The van der Waals surface area contributed by atoms with E-state index < -0.39 is 0 Å². The minimum atomic E-state index is -0.112. The molecule has 0 radical (unpaired) electrons. The Labute approximate surface area is 144 Å². The van der Waals surface area contributed by atoms with Gasteiger partial charge in [0.15, 0.2) is 5.13 Å². The average Bonchev–Trinajstić information content (AvgIpc) is 3.19. The number of rotatable bonds is 2. The number of ether oxygens (including phenoxy) is 2. The number of thiazole rings is 1. The van der Waals surface area contributed by atoms with Crippen molar-refractivity contribution in [3.05, 3.63) is 18.2 Å². The lowest BCUT2D eigenvalue weighted by molar-refractivity contribution is -0.0829. The normalized spacial score (nSPS) is 31.3. The molecule has 0 unspecified atom stereocenters. The Morgan fingerprint density at radius 3 is 3.00 bits per heavy atom. The minimum Gasteiger partial charge on any atom is -0.497 e. The number of piperidine rings is 3. The Hall–Kier alpha value is -1.86. The van der Waals surface area contributed by atoms with Gasteiger partial charge >= 0.3 is 0 Å². The predicted molar refractivity (Wildman–Crippen MR) is 95.1 cm³/mol. The first-order chi connectivity index (χ1) is 11.7. The molecule has 3 saturated heterocycles. The molecule has 6 nitrogen and oxygen atoms in total. The summed E-state index contributed by atoms with van der Waals surface area (Å²) >= 11 is 1.59. The molecule has 1 aromatic carbocycles. The van der Waals surface area contributed by atoms with Crippen molar-refractivity contribution in [1.29, 1.82) is 0 Å². The first-order valence-corrected chi connectivity index (χ1v) is 9.23. The molecule has 24 heavy (non-hydrogen) atoms. The highest BCUT2D eigenvalue weighted by Crippen LogP contribution is 2.41. The highest BCUT2D eigenvalue weighted by atomic mass is 32.1. The standard InChI is InChI=1S/C17H20N4O2S/c1-22-12-2-3-13-14(8-12)24-16(19-13)20-15-18-9-17(23-15)10-21-6-4-11(17)5-7-21/h2-3,8,11H,4-7,9-10H2,1H3,(H,18,19,20)/t17-/m1/s1. The fraction of sp³-hybridized carbons (Fsp3) is 0.529. The van der Waals surface area contributed by atoms with Crippen molar-refractivity contribution in [1.82, 2.24) is 9.88 Å². The number of aromatic nitrogens is 1. The molecule has 2 bridgehead atoms. The van der Waals surface area contributed by atoms with Crippen LogP contribution < -0.4 is 10.1 Å². The zero-order valence-electron chi connectivity index (χ0n) is 13.6. The maximum Gasteiger partial charge on any atom is 0.291 e. The number of nitrogens with zero attached hydrogens (tertiary/aromatic N) is 3. The van der Waals surface area contributed by atoms with Gasteiger partial charge in [0, 0.05) is 12.5 Å². The van der Waals surface area contributed by atoms with Crippen LogP contribution in [0.1, 0.15) is 12.8 Å². The number of benzene rings is 1. The third-order valence-corrected chi connectivity index (χ3v) is 6.36. The van der Waals surface area contributed by atoms with Gasteiger partial charge in [0.1, 0.15) is 11.4 Å². The van der Waals surface area contributed by atoms with E-state index in [0.717, 1.165) is 34.2 Å². The van der Waals surface area contributed by atoms with Crippen molar-refractivity contribution in [3.63, 3.8) is 0 Å². The van der Waals surface area contributed by atoms with Crippen LogP contribution in [0, 0.1) is 5.92 Å². The van der Waals surface area contributed by atoms with Crippen LogP contribution in [0.4, 0.5) is 5.13 Å². The van der Waals surface area contributed by atoms with Crippen LogP contribution in [0.3, 0.4) is 0 Å². The van der Waals surface area contributed by atoms with E-state index in [1.54, 1.807) is 18.4 Å². The number of hydrogen-bond acceptors (Lipinski definition) is 7. The number of fused-ring (bicyclic) bond motifs is 3. The van der Waals surface area contributed by atoms with E-state index in [1.807, 2.05) is 18.2 Å². The Morgan fingerprint density at radius 2 is 2.25 bits per heavy atom. The molecule has 1 aromatic heterocycles. The van der Waals surface area contributed by atoms with E-state index in [1.165, 1.54) is 25.9 Å². The highest BCUT2D eigenvalue weighted by molar-refractivity contribution is 7.22. The van der Waals surface area contributed by atoms with Crippen LogP contribution in [0.5, 0.6) is 5.75 Å². The second-order valence-corrected chi connectivity index (χ2v) is 7.85. The molecule has 0 amide bonds. The minimum absolute atomic E-state index is 0.112. The monoisotopic (exact) mass is 344 g/mol. The molecule has 4 aliphatic rings. The van der Waals surface area contributed by atoms with Crippen LogP contribution in [-0.2, 0) is 4.74 Å². The van der Waals surface area contributed by atoms with Gasteiger partial charge in [-0.25, -0.2) is 9.98 Å². The Balaban J connectivity index is 1.34. The van der Waals surface area contributed by atoms with E-state index in [-0.39, 0.29) is 5.60 Å². The summed E-state index contributed by atoms with van der Waals surface area (Å²) in [6, 6.07) is 6.53. The lowest BCUT2D eigenvalue weighted by Crippen LogP contribution is -2.61. The van der Waals surface area contributed by atoms with Crippen LogP contribution in [-0.4, -0.2) is 54.8 Å². The topological polar surface area (TPSA) is 59.0 Å². The molecule has 1 spiro atoms. The molecule has 3 fully saturated rings. The van der Waals surface area contributed by atoms with Crippen molar-refractivity contribution in [3.8, 4) is 5.75 Å². The molecule has 1 N–H and O–H groups in total. The van der Waals surface area contributed by atoms with Crippen molar-refractivity contribution in [2.24, 2.45) is 10.9 Å². The number of aliphatic imine (C=N–C) groups is 1. The van der Waals surface area contributed by atoms with Crippen molar-refractivity contribution in [2.45, 2.75) is 18.4 Å². The third-order valence-electron chi connectivity index (χ3n) is 5.42. The highest BCUT2D eigenvalue weighted by Gasteiger charge is 2.51. The van der Waals surface area contributed by atoms with Gasteiger partial charge in [-0.2, -0.15) is 0 Å². The molecule has 126 valence electrons. The van der Waals surface area contributed by atoms with Gasteiger partial charge < -0.3 is 9.47 Å². The van der Waals surface area contributed by atoms with Crippen LogP contribution >= 0.6 is 11.3 Å². The van der Waals surface area contributed by atoms with Gasteiger partial charge in [0.05, 0.1) is 23.9 Å². The van der Waals surface area contributed by atoms with Gasteiger partial charge in [-0.3, -0.25) is 10.2 Å². The number of nitrogens with one attached hydrogen (secondary N) is 1. The summed E-state index contributed by atoms with van der Waals surface area (Å²) < 4.78 is 12.7. The number of hydrogen-bond donors (Lipinski definition) is 1. The van der Waals surface area contributed by atoms with E-state index >= 15 is 0 Å². The SMILES string of the molecule is COc1ccc2nc(NC3=NC[C@]4(CN5CCC4CC5)O3)sc2c1. The van der Waals surface area contributed by atoms with Gasteiger partial charge in [0.25, 0.3) is 6.02 Å². The second kappa shape index (κ2) is 5.32. The van der Waals surface area contributed by atoms with Gasteiger partial charge in [0.2, 0.25) is 0 Å². The fourth-order valence-electron chi connectivity index (χ4n) is 4.12. The molecule has 2 aromatic rings. The largest absolute Gasteiger partial charge is 0.497 e. The molecule has 6 rings (SSSR count). The molecule has 1 atom stereocenters. The first-order valence-electron chi connectivity index (χ1n) is 8.41. The Morgan fingerprint density at radius 1 is 1.38 bits per heavy atom. The first kappa shape index (κ1) is 14.5. The van der Waals surface area contributed by atoms with E-state index in [4.69, 9.17) is 9.47 Å². The van der Waals surface area contributed by atoms with Crippen molar-refractivity contribution >= 4 is 32.7 Å². The van der Waals surface area contributed by atoms with Crippen molar-refractivity contribution in [2.75, 3.05) is 38.6 Å². The molecular weight excluding hydrogens is 324 g/mol. The Bertz CT molecular complexity index is 812. The summed E-state index contributed by atoms with van der Waals surface area (Å²) in [5.41, 5.74) is 0.845. The van der Waals surface area contributed by atoms with Gasteiger partial charge in [-0.05, 0) is 44.1 Å². The van der Waals surface area contributed by atoms with E-state index in [2.05, 4.69) is 20.2 Å². The number of amidine groups is 1. The van der Waals surface area contributed by atoms with Crippen LogP contribution in [0.25, 0.3) is 10.2 Å². The van der Waals surface area contributed by atoms with Crippen LogP contribution in [0.15, 0.2) is 23.2 Å². The average molecular weight is 344 g/mol. The van der Waals surface area contributed by atoms with Gasteiger partial charge in [-0.15, -0.1) is 0 Å². The number of anilines is 1. The maximum atomic E-state index is 6.31. The predicted octanol–water partition coefficient (Wildman–Crippen LogP) is 2.57. The summed E-state index contributed by atoms with van der Waals surface area (Å²) in [5, 5.41) is 4.09. The van der Waals surface area contributed by atoms with Crippen molar-refractivity contribution < 1.29 is 9.47 Å². The fourth-order valence-corrected chi connectivity index (χ4v) is 5.01. The lowest BCUT2D eigenvalue weighted by Gasteiger charge is -2.50. The summed E-state index contributed by atoms with van der Waals surface area (Å²) in [4.78, 5) is 11.7. The molecular formula is C17H20N4O2S. The number of methoxy groups -OCH3 is 1. The summed E-state index contributed by atoms with van der Waals surface area (Å²) in [6.07, 6.45) is 2.45. The molecule has 7 heteroatoms. The van der Waals surface area contributed by atoms with E-state index in [0.29, 0.717) is 11.9 Å². The quantitative estimate of drug-likeness (QED) is 0.907. The summed E-state index contributed by atoms with van der Waals surface area (Å²) in [6.45, 7) is 4.18. The zero-order valence-corrected chi connectivity index (χ0v) is 14.4. The van der Waals surface area contributed by atoms with Crippen LogP contribution in [0.2, 0.25) is 0 Å². The summed E-state index contributed by atoms with van der Waals surface area (Å²) in [5.74, 6) is 1.48. The smallest absolute Gasteiger partial charge is 0.291 e. The lowest BCUT2D eigenvalue weighted by atomic mass is 9.75. The van der Waals surface area contributed by atoms with Gasteiger partial charge in [-0.1, -0.05) is 11.3 Å². The maximum absolute atomic E-state index is 6.31. The molecule has 0 aliphatic carbocycles. The Kier molecular flexibility index (Phi) is 3.21. The third kappa shape index (κ3) is 2.26. The second-order valence-electron chi connectivity index (χ2n) is 6.82. The molecule has 0 saturated carbocycles. The summed E-state index contributed by atoms with van der Waals surface area (Å²) in [7, 11) is 1.68. The molecule has 4 aliphatic heterocycles. The molecule has 5 heterocycles.